The number of hydrogen-bond acceptors (Lipinski definition) is 2. The number of nitrogens with one attached hydrogen (secondary N) is 1. The molecule has 1 aromatic carbocycles. The van der Waals surface area contributed by atoms with Gasteiger partial charge >= 0.3 is 0 Å². The lowest BCUT2D eigenvalue weighted by atomic mass is 10.2. The fourth-order valence-electron chi connectivity index (χ4n) is 1.64. The number of benzene rings is 1. The van der Waals surface area contributed by atoms with Crippen LogP contribution >= 0.6 is 23.2 Å². The average Bonchev–Trinajstić information content (AvgIpc) is 2.63. The quantitative estimate of drug-likeness (QED) is 0.943. The maximum absolute atomic E-state index is 11.9. The topological polar surface area (TPSA) is 46.9 Å². The van der Waals surface area contributed by atoms with E-state index in [1.54, 1.807) is 25.3 Å². The molecular weight excluding hydrogens is 285 g/mol. The zero-order chi connectivity index (χ0) is 14.0. The summed E-state index contributed by atoms with van der Waals surface area (Å²) in [5.74, 6) is -0.176. The summed E-state index contributed by atoms with van der Waals surface area (Å²) < 4.78 is 1.51. The van der Waals surface area contributed by atoms with Crippen molar-refractivity contribution in [2.75, 3.05) is 5.32 Å². The first kappa shape index (κ1) is 13.9. The minimum Gasteiger partial charge on any atom is -0.324 e. The van der Waals surface area contributed by atoms with Gasteiger partial charge in [0, 0.05) is 16.9 Å². The molecule has 0 saturated carbocycles. The van der Waals surface area contributed by atoms with E-state index in [4.69, 9.17) is 23.2 Å². The van der Waals surface area contributed by atoms with Gasteiger partial charge in [-0.25, -0.2) is 0 Å². The summed E-state index contributed by atoms with van der Waals surface area (Å²) >= 11 is 11.8. The largest absolute Gasteiger partial charge is 0.324 e. The maximum atomic E-state index is 11.9. The van der Waals surface area contributed by atoms with Gasteiger partial charge in [0.25, 0.3) is 0 Å². The second kappa shape index (κ2) is 5.63. The van der Waals surface area contributed by atoms with Crippen LogP contribution in [0.4, 0.5) is 5.69 Å². The molecule has 0 saturated heterocycles. The molecule has 0 radical (unpaired) electrons. The van der Waals surface area contributed by atoms with Crippen LogP contribution in [0.1, 0.15) is 11.3 Å². The highest BCUT2D eigenvalue weighted by Crippen LogP contribution is 2.20. The van der Waals surface area contributed by atoms with Crippen LogP contribution in [0.2, 0.25) is 10.0 Å². The van der Waals surface area contributed by atoms with Crippen molar-refractivity contribution >= 4 is 34.8 Å². The molecule has 0 spiro atoms. The lowest BCUT2D eigenvalue weighted by Gasteiger charge is -2.08. The second-order valence-electron chi connectivity index (χ2n) is 4.27. The summed E-state index contributed by atoms with van der Waals surface area (Å²) in [7, 11) is 0. The minimum absolute atomic E-state index is 0.111. The predicted octanol–water partition coefficient (Wildman–Crippen LogP) is 3.45. The average molecular weight is 298 g/mol. The Kier molecular flexibility index (Phi) is 4.12. The molecule has 0 fully saturated rings. The summed E-state index contributed by atoms with van der Waals surface area (Å²) in [6, 6.07) is 5.35. The van der Waals surface area contributed by atoms with E-state index in [1.807, 2.05) is 13.0 Å². The zero-order valence-corrected chi connectivity index (χ0v) is 12.1. The molecule has 2 rings (SSSR count). The van der Waals surface area contributed by atoms with Gasteiger partial charge in [0.2, 0.25) is 5.91 Å². The maximum Gasteiger partial charge on any atom is 0.246 e. The molecule has 19 heavy (non-hydrogen) atoms. The van der Waals surface area contributed by atoms with Gasteiger partial charge < -0.3 is 5.32 Å². The standard InChI is InChI=1S/C13H13Cl2N3O/c1-8-3-4-10(14)5-12(8)16-13(19)7-18-6-11(15)9(2)17-18/h3-6H,7H2,1-2H3,(H,16,19). The van der Waals surface area contributed by atoms with Crippen LogP contribution < -0.4 is 5.32 Å². The Balaban J connectivity index is 2.07. The molecule has 1 heterocycles. The molecule has 1 N–H and O–H groups in total. The van der Waals surface area contributed by atoms with Gasteiger partial charge in [0.05, 0.1) is 10.7 Å². The lowest BCUT2D eigenvalue weighted by molar-refractivity contribution is -0.116. The van der Waals surface area contributed by atoms with Crippen LogP contribution in [0.5, 0.6) is 0 Å². The van der Waals surface area contributed by atoms with E-state index in [1.165, 1.54) is 4.68 Å². The minimum atomic E-state index is -0.176. The third kappa shape index (κ3) is 3.49. The fourth-order valence-corrected chi connectivity index (χ4v) is 1.96. The molecule has 6 heteroatoms. The van der Waals surface area contributed by atoms with E-state index in [0.29, 0.717) is 21.4 Å². The SMILES string of the molecule is Cc1ccc(Cl)cc1NC(=O)Cn1cc(Cl)c(C)n1. The Bertz CT molecular complexity index is 603. The molecule has 1 aromatic heterocycles. The Morgan fingerprint density at radius 3 is 2.74 bits per heavy atom. The Labute approximate surface area is 121 Å². The van der Waals surface area contributed by atoms with Crippen LogP contribution in [-0.4, -0.2) is 15.7 Å². The van der Waals surface area contributed by atoms with Gasteiger partial charge in [-0.2, -0.15) is 5.10 Å². The lowest BCUT2D eigenvalue weighted by Crippen LogP contribution is -2.19. The van der Waals surface area contributed by atoms with Crippen molar-refractivity contribution < 1.29 is 4.79 Å². The molecule has 0 atom stereocenters. The molecule has 2 aromatic rings. The van der Waals surface area contributed by atoms with Crippen molar-refractivity contribution in [1.29, 1.82) is 0 Å². The zero-order valence-electron chi connectivity index (χ0n) is 10.6. The Hall–Kier alpha value is -1.52. The number of carbonyl (C=O) groups excluding carboxylic acids is 1. The van der Waals surface area contributed by atoms with Crippen molar-refractivity contribution in [1.82, 2.24) is 9.78 Å². The highest BCUT2D eigenvalue weighted by molar-refractivity contribution is 6.31. The molecule has 0 aliphatic heterocycles. The monoisotopic (exact) mass is 297 g/mol. The number of carbonyl (C=O) groups is 1. The number of rotatable bonds is 3. The van der Waals surface area contributed by atoms with E-state index in [0.717, 1.165) is 5.56 Å². The van der Waals surface area contributed by atoms with Crippen LogP contribution in [0.15, 0.2) is 24.4 Å². The van der Waals surface area contributed by atoms with E-state index >= 15 is 0 Å². The van der Waals surface area contributed by atoms with E-state index in [9.17, 15) is 4.79 Å². The molecule has 4 nitrogen and oxygen atoms in total. The summed E-state index contributed by atoms with van der Waals surface area (Å²) in [6.45, 7) is 3.80. The number of hydrogen-bond donors (Lipinski definition) is 1. The summed E-state index contributed by atoms with van der Waals surface area (Å²) in [5, 5.41) is 8.06. The van der Waals surface area contributed by atoms with Crippen molar-refractivity contribution in [2.24, 2.45) is 0 Å². The first-order chi connectivity index (χ1) is 8.95. The third-order valence-corrected chi connectivity index (χ3v) is 3.27. The molecule has 0 aliphatic rings. The highest BCUT2D eigenvalue weighted by atomic mass is 35.5. The smallest absolute Gasteiger partial charge is 0.246 e. The first-order valence-corrected chi connectivity index (χ1v) is 6.47. The van der Waals surface area contributed by atoms with Crippen molar-refractivity contribution in [2.45, 2.75) is 20.4 Å². The first-order valence-electron chi connectivity index (χ1n) is 5.71. The van der Waals surface area contributed by atoms with Gasteiger partial charge in [0.1, 0.15) is 6.54 Å². The summed E-state index contributed by atoms with van der Waals surface area (Å²) in [5.41, 5.74) is 2.35. The number of anilines is 1. The number of amides is 1. The van der Waals surface area contributed by atoms with Gasteiger partial charge in [0.15, 0.2) is 0 Å². The van der Waals surface area contributed by atoms with Crippen LogP contribution in [0, 0.1) is 13.8 Å². The van der Waals surface area contributed by atoms with E-state index in [-0.39, 0.29) is 12.5 Å². The summed E-state index contributed by atoms with van der Waals surface area (Å²) in [4.78, 5) is 11.9. The number of nitrogens with zero attached hydrogens (tertiary/aromatic N) is 2. The Morgan fingerprint density at radius 1 is 1.37 bits per heavy atom. The van der Waals surface area contributed by atoms with Crippen molar-refractivity contribution in [3.8, 4) is 0 Å². The van der Waals surface area contributed by atoms with Gasteiger partial charge in [-0.15, -0.1) is 0 Å². The highest BCUT2D eigenvalue weighted by Gasteiger charge is 2.08. The van der Waals surface area contributed by atoms with Crippen LogP contribution in [0.3, 0.4) is 0 Å². The predicted molar refractivity (Wildman–Crippen MR) is 76.8 cm³/mol. The number of halogens is 2. The number of aromatic nitrogens is 2. The fraction of sp³-hybridized carbons (Fsp3) is 0.231. The Morgan fingerprint density at radius 2 is 2.11 bits per heavy atom. The van der Waals surface area contributed by atoms with Gasteiger partial charge in [-0.3, -0.25) is 9.48 Å². The van der Waals surface area contributed by atoms with Gasteiger partial charge in [-0.1, -0.05) is 29.3 Å². The molecular formula is C13H13Cl2N3O. The third-order valence-electron chi connectivity index (χ3n) is 2.67. The van der Waals surface area contributed by atoms with Crippen LogP contribution in [-0.2, 0) is 11.3 Å². The molecule has 0 unspecified atom stereocenters. The van der Waals surface area contributed by atoms with E-state index < -0.39 is 0 Å². The number of aryl methyl sites for hydroxylation is 2. The van der Waals surface area contributed by atoms with E-state index in [2.05, 4.69) is 10.4 Å². The van der Waals surface area contributed by atoms with Crippen molar-refractivity contribution in [3.63, 3.8) is 0 Å². The van der Waals surface area contributed by atoms with Crippen molar-refractivity contribution in [3.05, 3.63) is 45.7 Å². The molecule has 1 amide bonds. The van der Waals surface area contributed by atoms with Gasteiger partial charge in [-0.05, 0) is 31.5 Å². The molecule has 100 valence electrons. The normalized spacial score (nSPS) is 10.5. The van der Waals surface area contributed by atoms with Crippen LogP contribution in [0.25, 0.3) is 0 Å². The summed E-state index contributed by atoms with van der Waals surface area (Å²) in [6.07, 6.45) is 1.63. The molecule has 0 bridgehead atoms. The molecule has 0 aliphatic carbocycles. The second-order valence-corrected chi connectivity index (χ2v) is 5.11.